The van der Waals surface area contributed by atoms with Crippen LogP contribution in [0.3, 0.4) is 0 Å². The molecule has 0 radical (unpaired) electrons. The normalized spacial score (nSPS) is 14.6. The van der Waals surface area contributed by atoms with Crippen molar-refractivity contribution >= 4 is 0 Å². The van der Waals surface area contributed by atoms with Gasteiger partial charge in [-0.05, 0) is 11.5 Å². The summed E-state index contributed by atoms with van der Waals surface area (Å²) in [6.07, 6.45) is 0. The average molecular weight is 267 g/mol. The van der Waals surface area contributed by atoms with E-state index in [2.05, 4.69) is 13.8 Å². The maximum atomic E-state index is 10.4. The van der Waals surface area contributed by atoms with E-state index in [-0.39, 0.29) is 13.2 Å². The predicted molar refractivity (Wildman–Crippen MR) is 75.9 cm³/mol. The van der Waals surface area contributed by atoms with E-state index >= 15 is 0 Å². The van der Waals surface area contributed by atoms with E-state index in [0.717, 1.165) is 12.2 Å². The summed E-state index contributed by atoms with van der Waals surface area (Å²) >= 11 is 0. The third-order valence-electron chi connectivity index (χ3n) is 2.81. The highest BCUT2D eigenvalue weighted by molar-refractivity contribution is 5.22. The summed E-state index contributed by atoms with van der Waals surface area (Å²) < 4.78 is 10.9. The van der Waals surface area contributed by atoms with E-state index < -0.39 is 5.60 Å². The van der Waals surface area contributed by atoms with Gasteiger partial charge in [0.1, 0.15) is 5.60 Å². The van der Waals surface area contributed by atoms with Gasteiger partial charge in [-0.1, -0.05) is 44.2 Å². The fraction of sp³-hybridized carbons (Fsp3) is 0.600. The SMILES string of the molecule is CC(C)COCCOCC(O)(CN)c1ccccc1. The van der Waals surface area contributed by atoms with Gasteiger partial charge in [0.2, 0.25) is 0 Å². The van der Waals surface area contributed by atoms with Crippen LogP contribution in [0.5, 0.6) is 0 Å². The molecule has 0 spiro atoms. The van der Waals surface area contributed by atoms with Crippen LogP contribution in [0.2, 0.25) is 0 Å². The molecule has 19 heavy (non-hydrogen) atoms. The minimum atomic E-state index is -1.13. The van der Waals surface area contributed by atoms with E-state index in [1.165, 1.54) is 0 Å². The number of ether oxygens (including phenoxy) is 2. The van der Waals surface area contributed by atoms with Gasteiger partial charge in [-0.3, -0.25) is 0 Å². The van der Waals surface area contributed by atoms with E-state index in [1.807, 2.05) is 30.3 Å². The third-order valence-corrected chi connectivity index (χ3v) is 2.81. The smallest absolute Gasteiger partial charge is 0.125 e. The summed E-state index contributed by atoms with van der Waals surface area (Å²) in [6, 6.07) is 9.36. The van der Waals surface area contributed by atoms with Crippen LogP contribution in [0.15, 0.2) is 30.3 Å². The van der Waals surface area contributed by atoms with Crippen LogP contribution in [0.25, 0.3) is 0 Å². The lowest BCUT2D eigenvalue weighted by Gasteiger charge is -2.26. The Morgan fingerprint density at radius 3 is 2.37 bits per heavy atom. The third kappa shape index (κ3) is 5.70. The minimum Gasteiger partial charge on any atom is -0.381 e. The first-order chi connectivity index (χ1) is 9.08. The first kappa shape index (κ1) is 16.1. The van der Waals surface area contributed by atoms with Crippen molar-refractivity contribution in [3.05, 3.63) is 35.9 Å². The number of benzene rings is 1. The summed E-state index contributed by atoms with van der Waals surface area (Å²) in [5.74, 6) is 0.519. The molecule has 1 aromatic carbocycles. The Kier molecular flexibility index (Phi) is 7.02. The highest BCUT2D eigenvalue weighted by Gasteiger charge is 2.27. The minimum absolute atomic E-state index is 0.129. The number of hydrogen-bond acceptors (Lipinski definition) is 4. The van der Waals surface area contributed by atoms with Gasteiger partial charge in [0.15, 0.2) is 0 Å². The molecule has 0 fully saturated rings. The van der Waals surface area contributed by atoms with Gasteiger partial charge in [-0.15, -0.1) is 0 Å². The van der Waals surface area contributed by atoms with E-state index in [1.54, 1.807) is 0 Å². The number of nitrogens with two attached hydrogens (primary N) is 1. The second kappa shape index (κ2) is 8.27. The lowest BCUT2D eigenvalue weighted by molar-refractivity contribution is -0.0582. The molecule has 0 saturated heterocycles. The number of hydrogen-bond donors (Lipinski definition) is 2. The van der Waals surface area contributed by atoms with Crippen LogP contribution < -0.4 is 5.73 Å². The molecule has 108 valence electrons. The van der Waals surface area contributed by atoms with E-state index in [0.29, 0.717) is 19.1 Å². The molecule has 0 aliphatic rings. The van der Waals surface area contributed by atoms with Crippen molar-refractivity contribution in [2.45, 2.75) is 19.4 Å². The Morgan fingerprint density at radius 1 is 1.16 bits per heavy atom. The largest absolute Gasteiger partial charge is 0.381 e. The summed E-state index contributed by atoms with van der Waals surface area (Å²) in [5.41, 5.74) is 5.31. The topological polar surface area (TPSA) is 64.7 Å². The molecule has 0 saturated carbocycles. The molecule has 3 N–H and O–H groups in total. The van der Waals surface area contributed by atoms with Crippen LogP contribution in [0.4, 0.5) is 0 Å². The first-order valence-electron chi connectivity index (χ1n) is 6.72. The van der Waals surface area contributed by atoms with Crippen LogP contribution >= 0.6 is 0 Å². The quantitative estimate of drug-likeness (QED) is 0.666. The molecule has 0 amide bonds. The van der Waals surface area contributed by atoms with E-state index in [9.17, 15) is 5.11 Å². The van der Waals surface area contributed by atoms with Crippen molar-refractivity contribution < 1.29 is 14.6 Å². The molecule has 4 heteroatoms. The monoisotopic (exact) mass is 267 g/mol. The second-order valence-electron chi connectivity index (χ2n) is 5.12. The van der Waals surface area contributed by atoms with Gasteiger partial charge in [0.25, 0.3) is 0 Å². The van der Waals surface area contributed by atoms with Crippen LogP contribution in [0, 0.1) is 5.92 Å². The Hall–Kier alpha value is -0.940. The zero-order valence-electron chi connectivity index (χ0n) is 11.8. The van der Waals surface area contributed by atoms with Crippen molar-refractivity contribution in [3.63, 3.8) is 0 Å². The Balaban J connectivity index is 2.33. The molecule has 1 rings (SSSR count). The zero-order chi connectivity index (χ0) is 14.1. The highest BCUT2D eigenvalue weighted by Crippen LogP contribution is 2.19. The highest BCUT2D eigenvalue weighted by atomic mass is 16.5. The van der Waals surface area contributed by atoms with Crippen LogP contribution in [-0.2, 0) is 15.1 Å². The molecule has 0 aliphatic carbocycles. The molecule has 0 bridgehead atoms. The predicted octanol–water partition coefficient (Wildman–Crippen LogP) is 1.52. The summed E-state index contributed by atoms with van der Waals surface area (Å²) in [6.45, 7) is 6.23. The summed E-state index contributed by atoms with van der Waals surface area (Å²) in [5, 5.41) is 10.4. The molecule has 1 atom stereocenters. The number of rotatable bonds is 9. The maximum absolute atomic E-state index is 10.4. The van der Waals surface area contributed by atoms with Crippen molar-refractivity contribution in [2.75, 3.05) is 33.0 Å². The van der Waals surface area contributed by atoms with Crippen LogP contribution in [-0.4, -0.2) is 38.1 Å². The average Bonchev–Trinajstić information content (AvgIpc) is 2.43. The van der Waals surface area contributed by atoms with Gasteiger partial charge in [0.05, 0.1) is 19.8 Å². The van der Waals surface area contributed by atoms with Crippen molar-refractivity contribution in [1.82, 2.24) is 0 Å². The second-order valence-corrected chi connectivity index (χ2v) is 5.12. The summed E-state index contributed by atoms with van der Waals surface area (Å²) in [7, 11) is 0. The van der Waals surface area contributed by atoms with E-state index in [4.69, 9.17) is 15.2 Å². The zero-order valence-corrected chi connectivity index (χ0v) is 11.8. The maximum Gasteiger partial charge on any atom is 0.125 e. The lowest BCUT2D eigenvalue weighted by atomic mass is 9.95. The molecular formula is C15H25NO3. The Bertz CT molecular complexity index is 343. The number of aliphatic hydroxyl groups is 1. The van der Waals surface area contributed by atoms with Gasteiger partial charge in [-0.25, -0.2) is 0 Å². The fourth-order valence-corrected chi connectivity index (χ4v) is 1.69. The van der Waals surface area contributed by atoms with Gasteiger partial charge in [-0.2, -0.15) is 0 Å². The lowest BCUT2D eigenvalue weighted by Crippen LogP contribution is -2.39. The standard InChI is InChI=1S/C15H25NO3/c1-13(2)10-18-8-9-19-12-15(17,11-16)14-6-4-3-5-7-14/h3-7,13,17H,8-12,16H2,1-2H3. The van der Waals surface area contributed by atoms with Crippen molar-refractivity contribution in [1.29, 1.82) is 0 Å². The van der Waals surface area contributed by atoms with Crippen LogP contribution in [0.1, 0.15) is 19.4 Å². The van der Waals surface area contributed by atoms with Crippen molar-refractivity contribution in [3.8, 4) is 0 Å². The molecule has 1 aromatic rings. The Morgan fingerprint density at radius 2 is 1.79 bits per heavy atom. The fourth-order valence-electron chi connectivity index (χ4n) is 1.69. The first-order valence-corrected chi connectivity index (χ1v) is 6.72. The molecular weight excluding hydrogens is 242 g/mol. The molecule has 1 unspecified atom stereocenters. The van der Waals surface area contributed by atoms with Gasteiger partial charge in [0, 0.05) is 13.2 Å². The molecule has 0 aliphatic heterocycles. The van der Waals surface area contributed by atoms with Gasteiger partial charge >= 0.3 is 0 Å². The Labute approximate surface area is 115 Å². The molecule has 4 nitrogen and oxygen atoms in total. The molecule has 0 heterocycles. The van der Waals surface area contributed by atoms with Crippen molar-refractivity contribution in [2.24, 2.45) is 11.7 Å². The van der Waals surface area contributed by atoms with Gasteiger partial charge < -0.3 is 20.3 Å². The summed E-state index contributed by atoms with van der Waals surface area (Å²) in [4.78, 5) is 0. The molecule has 0 aromatic heterocycles.